The number of halogens is 5. The molecule has 2 aliphatic heterocycles. The average molecular weight is 523 g/mol. The second-order valence-electron chi connectivity index (χ2n) is 7.33. The molecule has 15 heteroatoms. The van der Waals surface area contributed by atoms with Gasteiger partial charge < -0.3 is 14.9 Å². The molecule has 2 aliphatic rings. The zero-order valence-corrected chi connectivity index (χ0v) is 20.0. The van der Waals surface area contributed by atoms with Gasteiger partial charge in [0.05, 0.1) is 25.7 Å². The summed E-state index contributed by atoms with van der Waals surface area (Å²) in [5.41, 5.74) is 0. The van der Waals surface area contributed by atoms with Crippen LogP contribution in [0.5, 0.6) is 0 Å². The van der Waals surface area contributed by atoms with E-state index in [0.29, 0.717) is 39.3 Å². The Morgan fingerprint density at radius 1 is 0.839 bits per heavy atom. The summed E-state index contributed by atoms with van der Waals surface area (Å²) < 4.78 is 95.1. The van der Waals surface area contributed by atoms with E-state index in [2.05, 4.69) is 14.9 Å². The molecule has 8 nitrogen and oxygen atoms in total. The summed E-state index contributed by atoms with van der Waals surface area (Å²) in [5.74, 6) is -5.03. The van der Waals surface area contributed by atoms with Crippen molar-refractivity contribution < 1.29 is 43.7 Å². The van der Waals surface area contributed by atoms with Crippen LogP contribution in [0.3, 0.4) is 0 Å². The van der Waals surface area contributed by atoms with Gasteiger partial charge in [-0.15, -0.1) is 0 Å². The van der Waals surface area contributed by atoms with Crippen LogP contribution >= 0.6 is 10.7 Å². The van der Waals surface area contributed by atoms with Crippen LogP contribution in [0.1, 0.15) is 25.7 Å². The first-order valence-corrected chi connectivity index (χ1v) is 14.0. The lowest BCUT2D eigenvalue weighted by atomic mass is 10.1. The number of piperidine rings is 2. The van der Waals surface area contributed by atoms with Crippen LogP contribution in [0.25, 0.3) is 0 Å². The summed E-state index contributed by atoms with van der Waals surface area (Å²) in [7, 11) is -2.11. The fourth-order valence-electron chi connectivity index (χ4n) is 2.67. The molecule has 0 aliphatic carbocycles. The maximum Gasteiger partial charge on any atom is 0.264 e. The van der Waals surface area contributed by atoms with Crippen LogP contribution in [-0.2, 0) is 23.4 Å². The molecule has 188 valence electrons. The first-order chi connectivity index (χ1) is 13.9. The minimum absolute atomic E-state index is 0.0321. The van der Waals surface area contributed by atoms with Crippen molar-refractivity contribution in [3.05, 3.63) is 0 Å². The second kappa shape index (κ2) is 13.5. The molecule has 2 fully saturated rings. The normalized spacial score (nSPS) is 21.9. The maximum atomic E-state index is 12.7. The van der Waals surface area contributed by atoms with Gasteiger partial charge in [0.15, 0.2) is 0 Å². The molecule has 1 N–H and O–H groups in total. The smallest absolute Gasteiger partial charge is 0.264 e. The van der Waals surface area contributed by atoms with E-state index < -0.39 is 31.0 Å². The van der Waals surface area contributed by atoms with E-state index in [4.69, 9.17) is 5.11 Å². The quantitative estimate of drug-likeness (QED) is 0.318. The Labute approximate surface area is 186 Å². The number of aliphatic hydroxyl groups excluding tert-OH is 1. The number of hydrogen-bond acceptors (Lipinski definition) is 8. The lowest BCUT2D eigenvalue weighted by Gasteiger charge is -2.31. The van der Waals surface area contributed by atoms with E-state index in [-0.39, 0.29) is 38.9 Å². The van der Waals surface area contributed by atoms with Gasteiger partial charge in [-0.25, -0.2) is 26.0 Å². The van der Waals surface area contributed by atoms with Crippen molar-refractivity contribution in [3.63, 3.8) is 0 Å². The van der Waals surface area contributed by atoms with Gasteiger partial charge in [0.2, 0.25) is 9.05 Å². The molecule has 31 heavy (non-hydrogen) atoms. The molecule has 2 heterocycles. The molecule has 0 aromatic heterocycles. The number of likely N-dealkylation sites (tertiary alicyclic amines) is 2. The molecule has 0 spiro atoms. The molecule has 0 saturated carbocycles. The molecular weight excluding hydrogens is 492 g/mol. The number of aliphatic hydroxyl groups is 1. The number of rotatable bonds is 6. The summed E-state index contributed by atoms with van der Waals surface area (Å²) in [6.07, 6.45) is 1.45. The Balaban J connectivity index is 0.000000492. The van der Waals surface area contributed by atoms with Gasteiger partial charge in [-0.2, -0.15) is 8.42 Å². The van der Waals surface area contributed by atoms with Gasteiger partial charge in [0.1, 0.15) is 0 Å². The fourth-order valence-corrected chi connectivity index (χ4v) is 3.04. The number of β-amino-alcohol motifs (C(OH)–C–C–N with tert-alkyl or cyclic N) is 1. The zero-order chi connectivity index (χ0) is 24.3. The lowest BCUT2D eigenvalue weighted by molar-refractivity contribution is -0.0571. The fraction of sp³-hybridized carbons (Fsp3) is 1.00. The lowest BCUT2D eigenvalue weighted by Crippen LogP contribution is -2.40. The van der Waals surface area contributed by atoms with E-state index in [0.717, 1.165) is 12.5 Å². The van der Waals surface area contributed by atoms with Crippen molar-refractivity contribution in [2.45, 2.75) is 37.5 Å². The zero-order valence-electron chi connectivity index (χ0n) is 17.6. The van der Waals surface area contributed by atoms with Crippen molar-refractivity contribution in [1.82, 2.24) is 9.80 Å². The SMILES string of the molecule is CS(=O)(=O)Cl.CS(=O)(=O)OCCN1CCC(F)(F)CC1.OCCN1CCC(F)(F)CC1. The van der Waals surface area contributed by atoms with Crippen LogP contribution in [0, 0.1) is 0 Å². The van der Waals surface area contributed by atoms with Crippen LogP contribution in [0.15, 0.2) is 0 Å². The Morgan fingerprint density at radius 2 is 1.16 bits per heavy atom. The highest BCUT2D eigenvalue weighted by molar-refractivity contribution is 8.13. The molecule has 0 amide bonds. The van der Waals surface area contributed by atoms with Crippen LogP contribution in [0.2, 0.25) is 0 Å². The Morgan fingerprint density at radius 3 is 1.45 bits per heavy atom. The van der Waals surface area contributed by atoms with Crippen molar-refractivity contribution in [2.24, 2.45) is 0 Å². The van der Waals surface area contributed by atoms with Gasteiger partial charge in [0, 0.05) is 75.6 Å². The van der Waals surface area contributed by atoms with Crippen LogP contribution in [-0.4, -0.2) is 109 Å². The molecule has 2 saturated heterocycles. The second-order valence-corrected chi connectivity index (χ2v) is 12.0. The third-order valence-electron chi connectivity index (χ3n) is 4.30. The van der Waals surface area contributed by atoms with Crippen molar-refractivity contribution >= 4 is 29.9 Å². The monoisotopic (exact) mass is 522 g/mol. The van der Waals surface area contributed by atoms with Gasteiger partial charge in [-0.05, 0) is 0 Å². The Bertz CT molecular complexity index is 698. The third kappa shape index (κ3) is 20.1. The van der Waals surface area contributed by atoms with Crippen LogP contribution in [0.4, 0.5) is 17.6 Å². The summed E-state index contributed by atoms with van der Waals surface area (Å²) in [4.78, 5) is 3.64. The van der Waals surface area contributed by atoms with Gasteiger partial charge >= 0.3 is 0 Å². The molecule has 0 bridgehead atoms. The molecule has 2 rings (SSSR count). The standard InChI is InChI=1S/C8H15F2NO3S.C7H13F2NO.CH3ClO2S/c1-15(12,13)14-7-6-11-4-2-8(9,10)3-5-11;8-7(9)1-3-10(4-2-7)5-6-11;1-5(2,3)4/h2-7H2,1H3;11H,1-6H2;1H3. The van der Waals surface area contributed by atoms with E-state index in [9.17, 15) is 34.4 Å². The first kappa shape index (κ1) is 30.8. The van der Waals surface area contributed by atoms with E-state index in [1.54, 1.807) is 4.90 Å². The summed E-state index contributed by atoms with van der Waals surface area (Å²) >= 11 is 0. The molecule has 0 unspecified atom stereocenters. The minimum Gasteiger partial charge on any atom is -0.395 e. The molecule has 0 aromatic rings. The molecule has 0 radical (unpaired) electrons. The van der Waals surface area contributed by atoms with Gasteiger partial charge in [-0.3, -0.25) is 4.18 Å². The minimum atomic E-state index is -3.42. The molecule has 0 atom stereocenters. The number of nitrogens with zero attached hydrogens (tertiary/aromatic N) is 2. The highest BCUT2D eigenvalue weighted by atomic mass is 35.7. The van der Waals surface area contributed by atoms with E-state index >= 15 is 0 Å². The highest BCUT2D eigenvalue weighted by Crippen LogP contribution is 2.28. The molecular formula is C16H31ClF4N2O6S2. The highest BCUT2D eigenvalue weighted by Gasteiger charge is 2.34. The largest absolute Gasteiger partial charge is 0.395 e. The first-order valence-electron chi connectivity index (χ1n) is 9.48. The summed E-state index contributed by atoms with van der Waals surface area (Å²) in [6.45, 7) is 2.40. The van der Waals surface area contributed by atoms with Crippen molar-refractivity contribution in [1.29, 1.82) is 0 Å². The van der Waals surface area contributed by atoms with E-state index in [1.807, 2.05) is 4.90 Å². The van der Waals surface area contributed by atoms with Crippen molar-refractivity contribution in [2.75, 3.05) is 65.0 Å². The summed E-state index contributed by atoms with van der Waals surface area (Å²) in [6, 6.07) is 0. The Kier molecular flexibility index (Phi) is 13.3. The molecule has 0 aromatic carbocycles. The maximum absolute atomic E-state index is 12.7. The van der Waals surface area contributed by atoms with E-state index in [1.165, 1.54) is 0 Å². The predicted octanol–water partition coefficient (Wildman–Crippen LogP) is 1.59. The predicted molar refractivity (Wildman–Crippen MR) is 110 cm³/mol. The van der Waals surface area contributed by atoms with Crippen LogP contribution < -0.4 is 0 Å². The average Bonchev–Trinajstić information content (AvgIpc) is 2.57. The third-order valence-corrected chi connectivity index (χ3v) is 4.89. The van der Waals surface area contributed by atoms with Crippen molar-refractivity contribution in [3.8, 4) is 0 Å². The number of alkyl halides is 4. The topological polar surface area (TPSA) is 104 Å². The number of hydrogen-bond donors (Lipinski definition) is 1. The van der Waals surface area contributed by atoms with Gasteiger partial charge in [-0.1, -0.05) is 0 Å². The van der Waals surface area contributed by atoms with Gasteiger partial charge in [0.25, 0.3) is 22.0 Å². The summed E-state index contributed by atoms with van der Waals surface area (Å²) in [5, 5.41) is 8.52. The Hall–Kier alpha value is -0.250.